The number of anilines is 1. The third-order valence-electron chi connectivity index (χ3n) is 3.36. The molecule has 1 saturated carbocycles. The van der Waals surface area contributed by atoms with Crippen molar-refractivity contribution < 1.29 is 4.79 Å². The maximum Gasteiger partial charge on any atom is 0.271 e. The Bertz CT molecular complexity index is 386. The second-order valence-corrected chi connectivity index (χ2v) is 4.51. The largest absolute Gasteiger partial charge is 0.366 e. The van der Waals surface area contributed by atoms with E-state index < -0.39 is 0 Å². The number of hydrogen-bond donors (Lipinski definition) is 2. The SMILES string of the molecule is CNC(=O)c1ccc(NC(C)C2CCC2)nn1. The van der Waals surface area contributed by atoms with Gasteiger partial charge in [0.25, 0.3) is 5.91 Å². The molecule has 1 amide bonds. The van der Waals surface area contributed by atoms with E-state index in [2.05, 4.69) is 27.8 Å². The van der Waals surface area contributed by atoms with Gasteiger partial charge in [-0.05, 0) is 37.8 Å². The Labute approximate surface area is 101 Å². The van der Waals surface area contributed by atoms with E-state index in [1.54, 1.807) is 19.2 Å². The summed E-state index contributed by atoms with van der Waals surface area (Å²) in [6, 6.07) is 3.90. The zero-order valence-electron chi connectivity index (χ0n) is 10.2. The van der Waals surface area contributed by atoms with Gasteiger partial charge in [0, 0.05) is 13.1 Å². The number of hydrogen-bond acceptors (Lipinski definition) is 4. The Morgan fingerprint density at radius 2 is 2.18 bits per heavy atom. The van der Waals surface area contributed by atoms with Gasteiger partial charge in [0.15, 0.2) is 5.69 Å². The zero-order valence-corrected chi connectivity index (χ0v) is 10.2. The van der Waals surface area contributed by atoms with Crippen molar-refractivity contribution in [3.05, 3.63) is 17.8 Å². The highest BCUT2D eigenvalue weighted by atomic mass is 16.1. The van der Waals surface area contributed by atoms with Gasteiger partial charge >= 0.3 is 0 Å². The minimum atomic E-state index is -0.212. The lowest BCUT2D eigenvalue weighted by Gasteiger charge is -2.32. The molecule has 17 heavy (non-hydrogen) atoms. The van der Waals surface area contributed by atoms with Crippen molar-refractivity contribution in [2.24, 2.45) is 5.92 Å². The number of nitrogens with one attached hydrogen (secondary N) is 2. The van der Waals surface area contributed by atoms with E-state index in [1.807, 2.05) is 0 Å². The second-order valence-electron chi connectivity index (χ2n) is 4.51. The minimum Gasteiger partial charge on any atom is -0.366 e. The van der Waals surface area contributed by atoms with Gasteiger partial charge in [-0.25, -0.2) is 0 Å². The molecule has 1 atom stereocenters. The third kappa shape index (κ3) is 2.72. The number of amides is 1. The summed E-state index contributed by atoms with van der Waals surface area (Å²) in [6.45, 7) is 2.16. The molecular formula is C12H18N4O. The van der Waals surface area contributed by atoms with Gasteiger partial charge < -0.3 is 10.6 Å². The minimum absolute atomic E-state index is 0.212. The molecular weight excluding hydrogens is 216 g/mol. The summed E-state index contributed by atoms with van der Waals surface area (Å²) >= 11 is 0. The molecule has 0 aromatic carbocycles. The molecule has 5 heteroatoms. The lowest BCUT2D eigenvalue weighted by molar-refractivity contribution is 0.0957. The van der Waals surface area contributed by atoms with Crippen LogP contribution in [-0.2, 0) is 0 Å². The highest BCUT2D eigenvalue weighted by molar-refractivity contribution is 5.91. The number of aromatic nitrogens is 2. The molecule has 1 aliphatic carbocycles. The Balaban J connectivity index is 1.95. The van der Waals surface area contributed by atoms with Crippen molar-refractivity contribution in [1.82, 2.24) is 15.5 Å². The van der Waals surface area contributed by atoms with Crippen LogP contribution in [0.5, 0.6) is 0 Å². The molecule has 0 bridgehead atoms. The molecule has 1 aromatic heterocycles. The smallest absolute Gasteiger partial charge is 0.271 e. The predicted molar refractivity (Wildman–Crippen MR) is 65.8 cm³/mol. The quantitative estimate of drug-likeness (QED) is 0.827. The number of rotatable bonds is 4. The monoisotopic (exact) mass is 234 g/mol. The van der Waals surface area contributed by atoms with Crippen molar-refractivity contribution in [2.75, 3.05) is 12.4 Å². The van der Waals surface area contributed by atoms with Crippen LogP contribution in [-0.4, -0.2) is 29.2 Å². The standard InChI is InChI=1S/C12H18N4O/c1-8(9-4-3-5-9)14-11-7-6-10(15-16-11)12(17)13-2/h6-9H,3-5H2,1-2H3,(H,13,17)(H,14,16). The maximum atomic E-state index is 11.3. The molecule has 2 N–H and O–H groups in total. The zero-order chi connectivity index (χ0) is 12.3. The van der Waals surface area contributed by atoms with Gasteiger partial charge in [-0.15, -0.1) is 10.2 Å². The van der Waals surface area contributed by atoms with Crippen LogP contribution >= 0.6 is 0 Å². The molecule has 1 aliphatic rings. The summed E-state index contributed by atoms with van der Waals surface area (Å²) in [5.41, 5.74) is 0.342. The molecule has 5 nitrogen and oxygen atoms in total. The Morgan fingerprint density at radius 3 is 2.65 bits per heavy atom. The molecule has 1 unspecified atom stereocenters. The molecule has 1 heterocycles. The van der Waals surface area contributed by atoms with Gasteiger partial charge in [-0.2, -0.15) is 0 Å². The molecule has 2 rings (SSSR count). The fraction of sp³-hybridized carbons (Fsp3) is 0.583. The fourth-order valence-corrected chi connectivity index (χ4v) is 1.95. The number of carbonyl (C=O) groups is 1. The van der Waals surface area contributed by atoms with E-state index >= 15 is 0 Å². The van der Waals surface area contributed by atoms with Gasteiger partial charge in [0.05, 0.1) is 0 Å². The predicted octanol–water partition coefficient (Wildman–Crippen LogP) is 1.44. The van der Waals surface area contributed by atoms with Crippen LogP contribution in [0.2, 0.25) is 0 Å². The van der Waals surface area contributed by atoms with Crippen molar-refractivity contribution in [1.29, 1.82) is 0 Å². The van der Waals surface area contributed by atoms with E-state index in [-0.39, 0.29) is 5.91 Å². The summed E-state index contributed by atoms with van der Waals surface area (Å²) in [7, 11) is 1.58. The maximum absolute atomic E-state index is 11.3. The first-order valence-electron chi connectivity index (χ1n) is 6.03. The van der Waals surface area contributed by atoms with Crippen LogP contribution in [0.1, 0.15) is 36.7 Å². The first kappa shape index (κ1) is 11.8. The Kier molecular flexibility index (Phi) is 3.56. The summed E-state index contributed by atoms with van der Waals surface area (Å²) in [5, 5.41) is 13.7. The van der Waals surface area contributed by atoms with Crippen LogP contribution in [0.4, 0.5) is 5.82 Å². The van der Waals surface area contributed by atoms with Gasteiger partial charge in [0.1, 0.15) is 5.82 Å². The summed E-state index contributed by atoms with van der Waals surface area (Å²) < 4.78 is 0. The lowest BCUT2D eigenvalue weighted by atomic mass is 9.80. The van der Waals surface area contributed by atoms with E-state index in [0.29, 0.717) is 11.7 Å². The van der Waals surface area contributed by atoms with Gasteiger partial charge in [0.2, 0.25) is 0 Å². The first-order chi connectivity index (χ1) is 8.20. The molecule has 0 aliphatic heterocycles. The molecule has 1 fully saturated rings. The van der Waals surface area contributed by atoms with Gasteiger partial charge in [-0.3, -0.25) is 4.79 Å². The molecule has 1 aromatic rings. The van der Waals surface area contributed by atoms with E-state index in [4.69, 9.17) is 0 Å². The van der Waals surface area contributed by atoms with Crippen molar-refractivity contribution in [2.45, 2.75) is 32.2 Å². The second kappa shape index (κ2) is 5.12. The molecule has 0 radical (unpaired) electrons. The molecule has 0 spiro atoms. The van der Waals surface area contributed by atoms with Crippen LogP contribution in [0.15, 0.2) is 12.1 Å². The van der Waals surface area contributed by atoms with Crippen LogP contribution in [0, 0.1) is 5.92 Å². The van der Waals surface area contributed by atoms with E-state index in [0.717, 1.165) is 11.7 Å². The topological polar surface area (TPSA) is 66.9 Å². The highest BCUT2D eigenvalue weighted by Gasteiger charge is 2.23. The average molecular weight is 234 g/mol. The average Bonchev–Trinajstić information content (AvgIpc) is 2.26. The molecule has 92 valence electrons. The van der Waals surface area contributed by atoms with Crippen molar-refractivity contribution >= 4 is 11.7 Å². The van der Waals surface area contributed by atoms with Crippen LogP contribution in [0.3, 0.4) is 0 Å². The van der Waals surface area contributed by atoms with Crippen molar-refractivity contribution in [3.8, 4) is 0 Å². The first-order valence-corrected chi connectivity index (χ1v) is 6.03. The fourth-order valence-electron chi connectivity index (χ4n) is 1.95. The van der Waals surface area contributed by atoms with Crippen LogP contribution < -0.4 is 10.6 Å². The van der Waals surface area contributed by atoms with Crippen molar-refractivity contribution in [3.63, 3.8) is 0 Å². The lowest BCUT2D eigenvalue weighted by Crippen LogP contribution is -2.31. The third-order valence-corrected chi connectivity index (χ3v) is 3.36. The number of carbonyl (C=O) groups excluding carboxylic acids is 1. The molecule has 0 saturated heterocycles. The summed E-state index contributed by atoms with van der Waals surface area (Å²) in [5.74, 6) is 1.27. The normalized spacial score (nSPS) is 17.1. The summed E-state index contributed by atoms with van der Waals surface area (Å²) in [6.07, 6.45) is 3.91. The van der Waals surface area contributed by atoms with Gasteiger partial charge in [-0.1, -0.05) is 6.42 Å². The van der Waals surface area contributed by atoms with E-state index in [9.17, 15) is 4.79 Å². The number of nitrogens with zero attached hydrogens (tertiary/aromatic N) is 2. The highest BCUT2D eigenvalue weighted by Crippen LogP contribution is 2.30. The summed E-state index contributed by atoms with van der Waals surface area (Å²) in [4.78, 5) is 11.3. The Hall–Kier alpha value is -1.65. The van der Waals surface area contributed by atoms with Crippen LogP contribution in [0.25, 0.3) is 0 Å². The Morgan fingerprint density at radius 1 is 1.41 bits per heavy atom. The van der Waals surface area contributed by atoms with E-state index in [1.165, 1.54) is 19.3 Å².